The van der Waals surface area contributed by atoms with Crippen LogP contribution in [0.5, 0.6) is 0 Å². The quantitative estimate of drug-likeness (QED) is 0.411. The lowest BCUT2D eigenvalue weighted by Gasteiger charge is -2.08. The monoisotopic (exact) mass is 187 g/mol. The van der Waals surface area contributed by atoms with Crippen LogP contribution in [0.3, 0.4) is 0 Å². The third-order valence-corrected chi connectivity index (χ3v) is 1.85. The molecule has 0 aliphatic carbocycles. The Kier molecular flexibility index (Phi) is 5.32. The largest absolute Gasteiger partial charge is 0.772 e. The summed E-state index contributed by atoms with van der Waals surface area (Å²) in [5.41, 5.74) is 0. The molecule has 4 heteroatoms. The molecule has 2 atom stereocenters. The fourth-order valence-corrected chi connectivity index (χ4v) is 0.670. The van der Waals surface area contributed by atoms with Crippen LogP contribution in [0.15, 0.2) is 36.6 Å². The zero-order valence-corrected chi connectivity index (χ0v) is 7.58. The van der Waals surface area contributed by atoms with Crippen molar-refractivity contribution in [2.45, 2.75) is 12.2 Å². The first-order valence-electron chi connectivity index (χ1n) is 3.35. The van der Waals surface area contributed by atoms with Gasteiger partial charge in [0.1, 0.15) is 5.76 Å². The summed E-state index contributed by atoms with van der Waals surface area (Å²) in [6, 6.07) is 0. The minimum absolute atomic E-state index is 0.0597. The van der Waals surface area contributed by atoms with Crippen molar-refractivity contribution < 1.29 is 13.9 Å². The summed E-state index contributed by atoms with van der Waals surface area (Å²) in [6.07, 6.45) is 5.94. The Hall–Kier alpha value is -0.870. The first kappa shape index (κ1) is 11.1. The molecule has 0 heterocycles. The maximum atomic E-state index is 10.3. The molecule has 3 nitrogen and oxygen atoms in total. The number of allylic oxidation sites excluding steroid dienone is 3. The SMILES string of the molecule is C=C(O)/C=C\C=C/[C@H](C)S(=O)[O-]. The molecule has 0 aliphatic rings. The summed E-state index contributed by atoms with van der Waals surface area (Å²) in [7, 11) is 0. The van der Waals surface area contributed by atoms with Gasteiger partial charge in [-0.3, -0.25) is 4.21 Å². The molecule has 0 saturated heterocycles. The highest BCUT2D eigenvalue weighted by Gasteiger charge is 1.91. The van der Waals surface area contributed by atoms with E-state index in [0.717, 1.165) is 0 Å². The Morgan fingerprint density at radius 3 is 2.67 bits per heavy atom. The number of aliphatic hydroxyl groups is 1. The standard InChI is InChI=1S/C8H12O3S/c1-7(9)5-3-4-6-8(2)12(10)11/h3-6,8-9H,1H2,2H3,(H,10,11)/p-1/b5-3-,6-4-/t8-/m0/s1. The van der Waals surface area contributed by atoms with E-state index in [9.17, 15) is 8.76 Å². The molecule has 0 aromatic heterocycles. The third kappa shape index (κ3) is 5.88. The van der Waals surface area contributed by atoms with Gasteiger partial charge in [-0.1, -0.05) is 24.8 Å². The van der Waals surface area contributed by atoms with Crippen molar-refractivity contribution in [1.29, 1.82) is 0 Å². The van der Waals surface area contributed by atoms with Crippen LogP contribution in [-0.4, -0.2) is 19.1 Å². The van der Waals surface area contributed by atoms with Gasteiger partial charge in [-0.15, -0.1) is 0 Å². The van der Waals surface area contributed by atoms with E-state index in [0.29, 0.717) is 0 Å². The Labute approximate surface area is 74.4 Å². The van der Waals surface area contributed by atoms with Crippen LogP contribution < -0.4 is 0 Å². The average Bonchev–Trinajstić information content (AvgIpc) is 1.97. The van der Waals surface area contributed by atoms with E-state index >= 15 is 0 Å². The van der Waals surface area contributed by atoms with Gasteiger partial charge in [-0.25, -0.2) is 0 Å². The third-order valence-electron chi connectivity index (χ3n) is 1.09. The second-order valence-electron chi connectivity index (χ2n) is 2.20. The van der Waals surface area contributed by atoms with Crippen LogP contribution in [0.2, 0.25) is 0 Å². The molecule has 1 unspecified atom stereocenters. The van der Waals surface area contributed by atoms with Gasteiger partial charge in [0.15, 0.2) is 0 Å². The molecule has 0 aliphatic heterocycles. The molecule has 0 aromatic rings. The summed E-state index contributed by atoms with van der Waals surface area (Å²) in [4.78, 5) is 0. The highest BCUT2D eigenvalue weighted by Crippen LogP contribution is 1.94. The molecule has 0 spiro atoms. The highest BCUT2D eigenvalue weighted by molar-refractivity contribution is 7.79. The second-order valence-corrected chi connectivity index (χ2v) is 3.47. The van der Waals surface area contributed by atoms with E-state index in [4.69, 9.17) is 5.11 Å². The van der Waals surface area contributed by atoms with E-state index < -0.39 is 16.3 Å². The van der Waals surface area contributed by atoms with E-state index in [2.05, 4.69) is 6.58 Å². The molecule has 1 N–H and O–H groups in total. The Balaban J connectivity index is 3.92. The minimum atomic E-state index is -2.08. The summed E-state index contributed by atoms with van der Waals surface area (Å²) in [6.45, 7) is 4.78. The molecule has 12 heavy (non-hydrogen) atoms. The maximum Gasteiger partial charge on any atom is 0.108 e. The zero-order valence-electron chi connectivity index (χ0n) is 6.77. The van der Waals surface area contributed by atoms with Gasteiger partial charge in [0, 0.05) is 5.25 Å². The summed E-state index contributed by atoms with van der Waals surface area (Å²) in [5.74, 6) is -0.0597. The molecule has 0 fully saturated rings. The van der Waals surface area contributed by atoms with Gasteiger partial charge >= 0.3 is 0 Å². The lowest BCUT2D eigenvalue weighted by molar-refractivity contribution is 0.435. The Bertz CT molecular complexity index is 230. The summed E-state index contributed by atoms with van der Waals surface area (Å²) < 4.78 is 20.6. The Morgan fingerprint density at radius 2 is 2.25 bits per heavy atom. The summed E-state index contributed by atoms with van der Waals surface area (Å²) >= 11 is -2.08. The van der Waals surface area contributed by atoms with Crippen molar-refractivity contribution in [2.75, 3.05) is 0 Å². The lowest BCUT2D eigenvalue weighted by atomic mass is 10.3. The fourth-order valence-electron chi connectivity index (χ4n) is 0.451. The number of aliphatic hydroxyl groups excluding tert-OH is 1. The van der Waals surface area contributed by atoms with Gasteiger partial charge in [-0.05, 0) is 24.1 Å². The highest BCUT2D eigenvalue weighted by atomic mass is 32.2. The minimum Gasteiger partial charge on any atom is -0.772 e. The van der Waals surface area contributed by atoms with Crippen LogP contribution in [0.4, 0.5) is 0 Å². The predicted octanol–water partition coefficient (Wildman–Crippen LogP) is 1.44. The van der Waals surface area contributed by atoms with Crippen molar-refractivity contribution in [2.24, 2.45) is 0 Å². The molecule has 68 valence electrons. The fraction of sp³-hybridized carbons (Fsp3) is 0.250. The normalized spacial score (nSPS) is 16.8. The van der Waals surface area contributed by atoms with Gasteiger partial charge < -0.3 is 9.66 Å². The van der Waals surface area contributed by atoms with Crippen LogP contribution >= 0.6 is 0 Å². The van der Waals surface area contributed by atoms with Crippen molar-refractivity contribution in [3.8, 4) is 0 Å². The topological polar surface area (TPSA) is 60.4 Å². The van der Waals surface area contributed by atoms with Gasteiger partial charge in [-0.2, -0.15) is 0 Å². The molecule has 0 bridgehead atoms. The molecule has 0 rings (SSSR count). The van der Waals surface area contributed by atoms with E-state index in [1.807, 2.05) is 0 Å². The predicted molar refractivity (Wildman–Crippen MR) is 48.4 cm³/mol. The smallest absolute Gasteiger partial charge is 0.108 e. The van der Waals surface area contributed by atoms with Crippen molar-refractivity contribution >= 4 is 11.1 Å². The molecular weight excluding hydrogens is 176 g/mol. The van der Waals surface area contributed by atoms with Gasteiger partial charge in [0.05, 0.1) is 0 Å². The van der Waals surface area contributed by atoms with Crippen LogP contribution in [0.1, 0.15) is 6.92 Å². The van der Waals surface area contributed by atoms with Crippen molar-refractivity contribution in [3.05, 3.63) is 36.6 Å². The molecular formula is C8H11O3S-. The second kappa shape index (κ2) is 5.74. The molecule has 0 saturated carbocycles. The van der Waals surface area contributed by atoms with Crippen molar-refractivity contribution in [3.63, 3.8) is 0 Å². The number of rotatable bonds is 4. The van der Waals surface area contributed by atoms with Gasteiger partial charge in [0.2, 0.25) is 0 Å². The molecule has 0 amide bonds. The Morgan fingerprint density at radius 1 is 1.67 bits per heavy atom. The molecule has 0 radical (unpaired) electrons. The van der Waals surface area contributed by atoms with E-state index in [1.165, 1.54) is 18.2 Å². The van der Waals surface area contributed by atoms with Crippen molar-refractivity contribution in [1.82, 2.24) is 0 Å². The van der Waals surface area contributed by atoms with E-state index in [1.54, 1.807) is 13.0 Å². The summed E-state index contributed by atoms with van der Waals surface area (Å²) in [5, 5.41) is 8.08. The maximum absolute atomic E-state index is 10.3. The lowest BCUT2D eigenvalue weighted by Crippen LogP contribution is -2.04. The first-order chi connectivity index (χ1) is 5.54. The van der Waals surface area contributed by atoms with Gasteiger partial charge in [0.25, 0.3) is 0 Å². The zero-order chi connectivity index (χ0) is 9.56. The van der Waals surface area contributed by atoms with Crippen LogP contribution in [0.25, 0.3) is 0 Å². The van der Waals surface area contributed by atoms with Crippen LogP contribution in [-0.2, 0) is 11.1 Å². The van der Waals surface area contributed by atoms with E-state index in [-0.39, 0.29) is 5.76 Å². The van der Waals surface area contributed by atoms with Crippen LogP contribution in [0, 0.1) is 0 Å². The molecule has 0 aromatic carbocycles. The average molecular weight is 187 g/mol. The first-order valence-corrected chi connectivity index (χ1v) is 4.48. The number of hydrogen-bond donors (Lipinski definition) is 1. The number of hydrogen-bond acceptors (Lipinski definition) is 3.